The fourth-order valence-electron chi connectivity index (χ4n) is 3.95. The van der Waals surface area contributed by atoms with E-state index in [1.165, 1.54) is 12.0 Å². The number of Topliss-reactive ketones (excluding diaryl/α,β-unsaturated/α-hetero) is 1. The number of anilines is 1. The lowest BCUT2D eigenvalue weighted by Gasteiger charge is -2.26. The largest absolute Gasteiger partial charge is 0.507 e. The molecule has 1 saturated heterocycles. The molecule has 0 saturated carbocycles. The van der Waals surface area contributed by atoms with E-state index in [0.29, 0.717) is 44.4 Å². The normalized spacial score (nSPS) is 17.2. The number of carbonyl (C=O) groups is 2. The summed E-state index contributed by atoms with van der Waals surface area (Å²) in [5, 5.41) is 11.7. The van der Waals surface area contributed by atoms with Crippen molar-refractivity contribution >= 4 is 50.7 Å². The van der Waals surface area contributed by atoms with Gasteiger partial charge in [0.25, 0.3) is 11.7 Å². The number of rotatable bonds is 6. The summed E-state index contributed by atoms with van der Waals surface area (Å²) < 4.78 is 11.5. The molecule has 1 amide bonds. The summed E-state index contributed by atoms with van der Waals surface area (Å²) in [7, 11) is 1.53. The number of benzene rings is 3. The Labute approximate surface area is 210 Å². The van der Waals surface area contributed by atoms with Crippen LogP contribution in [0.25, 0.3) is 5.76 Å². The van der Waals surface area contributed by atoms with Crippen molar-refractivity contribution in [3.8, 4) is 11.5 Å². The predicted molar refractivity (Wildman–Crippen MR) is 135 cm³/mol. The number of halogens is 2. The van der Waals surface area contributed by atoms with Gasteiger partial charge in [-0.25, -0.2) is 0 Å². The van der Waals surface area contributed by atoms with Crippen molar-refractivity contribution in [3.63, 3.8) is 0 Å². The topological polar surface area (TPSA) is 76.1 Å². The molecule has 4 rings (SSSR count). The number of aliphatic hydroxyl groups is 1. The average molecular weight is 543 g/mol. The van der Waals surface area contributed by atoms with Gasteiger partial charge < -0.3 is 14.6 Å². The van der Waals surface area contributed by atoms with Gasteiger partial charge in [-0.05, 0) is 76.9 Å². The Hall–Kier alpha value is -3.29. The van der Waals surface area contributed by atoms with Crippen molar-refractivity contribution in [2.24, 2.45) is 0 Å². The van der Waals surface area contributed by atoms with E-state index >= 15 is 0 Å². The Kier molecular flexibility index (Phi) is 6.95. The second kappa shape index (κ2) is 9.91. The Balaban J connectivity index is 1.94. The molecule has 1 atom stereocenters. The van der Waals surface area contributed by atoms with E-state index in [4.69, 9.17) is 21.1 Å². The second-order valence-electron chi connectivity index (χ2n) is 7.50. The first-order chi connectivity index (χ1) is 16.3. The van der Waals surface area contributed by atoms with Gasteiger partial charge in [0.2, 0.25) is 0 Å². The Bertz CT molecular complexity index is 1310. The van der Waals surface area contributed by atoms with Gasteiger partial charge in [-0.3, -0.25) is 14.5 Å². The van der Waals surface area contributed by atoms with Gasteiger partial charge in [-0.15, -0.1) is 0 Å². The van der Waals surface area contributed by atoms with Crippen LogP contribution in [0.4, 0.5) is 5.69 Å². The van der Waals surface area contributed by atoms with Gasteiger partial charge in [0, 0.05) is 16.3 Å². The maximum absolute atomic E-state index is 13.3. The Morgan fingerprint density at radius 2 is 1.85 bits per heavy atom. The van der Waals surface area contributed by atoms with Crippen LogP contribution in [0.2, 0.25) is 5.02 Å². The molecule has 174 valence electrons. The van der Waals surface area contributed by atoms with Crippen LogP contribution in [0.5, 0.6) is 11.5 Å². The molecule has 0 aromatic heterocycles. The van der Waals surface area contributed by atoms with E-state index in [9.17, 15) is 14.7 Å². The standard InChI is InChI=1S/C26H21BrClNO5/c1-3-34-19-9-4-6-15(12-19)23-22(24(30)16-10-11-21(33-2)20(27)13-16)25(31)26(32)29(23)18-8-5-7-17(28)14-18/h4-14,23,30H,3H2,1-2H3/b24-22+. The molecule has 0 bridgehead atoms. The van der Waals surface area contributed by atoms with Gasteiger partial charge >= 0.3 is 0 Å². The van der Waals surface area contributed by atoms with Crippen molar-refractivity contribution < 1.29 is 24.2 Å². The minimum absolute atomic E-state index is 0.0318. The monoisotopic (exact) mass is 541 g/mol. The zero-order valence-corrected chi connectivity index (χ0v) is 20.8. The SMILES string of the molecule is CCOc1cccc(C2/C(=C(\O)c3ccc(OC)c(Br)c3)C(=O)C(=O)N2c2cccc(Cl)c2)c1. The van der Waals surface area contributed by atoms with Crippen LogP contribution >= 0.6 is 27.5 Å². The van der Waals surface area contributed by atoms with Gasteiger partial charge in [0.1, 0.15) is 17.3 Å². The number of methoxy groups -OCH3 is 1. The zero-order chi connectivity index (χ0) is 24.4. The number of hydrogen-bond acceptors (Lipinski definition) is 5. The molecule has 8 heteroatoms. The smallest absolute Gasteiger partial charge is 0.300 e. The van der Waals surface area contributed by atoms with Gasteiger partial charge in [-0.1, -0.05) is 29.8 Å². The highest BCUT2D eigenvalue weighted by Gasteiger charge is 2.47. The molecule has 3 aromatic carbocycles. The van der Waals surface area contributed by atoms with Gasteiger partial charge in [0.05, 0.1) is 29.8 Å². The molecule has 34 heavy (non-hydrogen) atoms. The third kappa shape index (κ3) is 4.41. The van der Waals surface area contributed by atoms with Crippen LogP contribution in [0.1, 0.15) is 24.1 Å². The predicted octanol–water partition coefficient (Wildman–Crippen LogP) is 6.14. The van der Waals surface area contributed by atoms with E-state index in [1.54, 1.807) is 66.7 Å². The summed E-state index contributed by atoms with van der Waals surface area (Å²) in [5.74, 6) is -0.696. The van der Waals surface area contributed by atoms with Crippen molar-refractivity contribution in [3.05, 3.63) is 92.9 Å². The average Bonchev–Trinajstić information content (AvgIpc) is 3.09. The van der Waals surface area contributed by atoms with E-state index in [1.807, 2.05) is 6.92 Å². The fourth-order valence-corrected chi connectivity index (χ4v) is 4.68. The minimum atomic E-state index is -0.889. The van der Waals surface area contributed by atoms with Crippen molar-refractivity contribution in [2.75, 3.05) is 18.6 Å². The summed E-state index contributed by atoms with van der Waals surface area (Å²) in [5.41, 5.74) is 1.38. The van der Waals surface area contributed by atoms with Crippen LogP contribution < -0.4 is 14.4 Å². The zero-order valence-electron chi connectivity index (χ0n) is 18.4. The number of carbonyl (C=O) groups excluding carboxylic acids is 2. The second-order valence-corrected chi connectivity index (χ2v) is 8.79. The minimum Gasteiger partial charge on any atom is -0.507 e. The molecule has 0 radical (unpaired) electrons. The fraction of sp³-hybridized carbons (Fsp3) is 0.154. The van der Waals surface area contributed by atoms with Crippen molar-refractivity contribution in [1.29, 1.82) is 0 Å². The molecule has 1 aliphatic heterocycles. The van der Waals surface area contributed by atoms with E-state index in [0.717, 1.165) is 0 Å². The Morgan fingerprint density at radius 1 is 1.09 bits per heavy atom. The lowest BCUT2D eigenvalue weighted by molar-refractivity contribution is -0.132. The molecule has 6 nitrogen and oxygen atoms in total. The van der Waals surface area contributed by atoms with Crippen LogP contribution in [0, 0.1) is 0 Å². The quantitative estimate of drug-likeness (QED) is 0.230. The molecule has 1 fully saturated rings. The molecule has 1 heterocycles. The molecule has 3 aromatic rings. The third-order valence-corrected chi connectivity index (χ3v) is 6.30. The number of hydrogen-bond donors (Lipinski definition) is 1. The molecule has 1 unspecified atom stereocenters. The summed E-state index contributed by atoms with van der Waals surface area (Å²) in [6.45, 7) is 2.32. The van der Waals surface area contributed by atoms with E-state index < -0.39 is 17.7 Å². The molecule has 1 aliphatic rings. The van der Waals surface area contributed by atoms with Crippen LogP contribution in [-0.2, 0) is 9.59 Å². The summed E-state index contributed by atoms with van der Waals surface area (Å²) in [6.07, 6.45) is 0. The van der Waals surface area contributed by atoms with Gasteiger partial charge in [-0.2, -0.15) is 0 Å². The molecule has 0 spiro atoms. The van der Waals surface area contributed by atoms with Crippen LogP contribution in [0.15, 0.2) is 76.8 Å². The molecular formula is C26H21BrClNO5. The highest BCUT2D eigenvalue weighted by molar-refractivity contribution is 9.10. The van der Waals surface area contributed by atoms with Gasteiger partial charge in [0.15, 0.2) is 0 Å². The lowest BCUT2D eigenvalue weighted by atomic mass is 9.95. The number of ketones is 1. The first-order valence-electron chi connectivity index (χ1n) is 10.5. The maximum Gasteiger partial charge on any atom is 0.300 e. The molecule has 0 aliphatic carbocycles. The summed E-state index contributed by atoms with van der Waals surface area (Å²) in [4.78, 5) is 27.9. The van der Waals surface area contributed by atoms with Crippen molar-refractivity contribution in [1.82, 2.24) is 0 Å². The number of ether oxygens (including phenoxy) is 2. The van der Waals surface area contributed by atoms with E-state index in [-0.39, 0.29) is 11.3 Å². The highest BCUT2D eigenvalue weighted by Crippen LogP contribution is 2.43. The Morgan fingerprint density at radius 3 is 2.53 bits per heavy atom. The van der Waals surface area contributed by atoms with Crippen LogP contribution in [-0.4, -0.2) is 30.5 Å². The maximum atomic E-state index is 13.3. The van der Waals surface area contributed by atoms with E-state index in [2.05, 4.69) is 15.9 Å². The first-order valence-corrected chi connectivity index (χ1v) is 11.7. The lowest BCUT2D eigenvalue weighted by Crippen LogP contribution is -2.29. The summed E-state index contributed by atoms with van der Waals surface area (Å²) in [6, 6.07) is 17.8. The summed E-state index contributed by atoms with van der Waals surface area (Å²) >= 11 is 9.59. The number of nitrogens with zero attached hydrogens (tertiary/aromatic N) is 1. The van der Waals surface area contributed by atoms with Crippen LogP contribution in [0.3, 0.4) is 0 Å². The third-order valence-electron chi connectivity index (χ3n) is 5.44. The number of aliphatic hydroxyl groups excluding tert-OH is 1. The highest BCUT2D eigenvalue weighted by atomic mass is 79.9. The first kappa shape index (κ1) is 23.9. The molecule has 1 N–H and O–H groups in total. The van der Waals surface area contributed by atoms with Crippen molar-refractivity contribution in [2.45, 2.75) is 13.0 Å². The number of amides is 1. The molecular weight excluding hydrogens is 522 g/mol.